The molecule has 2 fully saturated rings. The van der Waals surface area contributed by atoms with Crippen LogP contribution in [0.5, 0.6) is 0 Å². The van der Waals surface area contributed by atoms with Gasteiger partial charge in [0.25, 0.3) is 0 Å². The summed E-state index contributed by atoms with van der Waals surface area (Å²) in [5.74, 6) is 0.0881. The van der Waals surface area contributed by atoms with Crippen molar-refractivity contribution in [1.29, 1.82) is 0 Å². The second kappa shape index (κ2) is 3.23. The fourth-order valence-electron chi connectivity index (χ4n) is 2.46. The zero-order valence-corrected chi connectivity index (χ0v) is 9.17. The number of nitrogens with one attached hydrogen (secondary N) is 1. The Labute approximate surface area is 85.2 Å². The van der Waals surface area contributed by atoms with E-state index in [9.17, 15) is 4.79 Å². The van der Waals surface area contributed by atoms with E-state index in [1.807, 2.05) is 20.8 Å². The van der Waals surface area contributed by atoms with Gasteiger partial charge in [0.1, 0.15) is 5.60 Å². The minimum atomic E-state index is -0.348. The van der Waals surface area contributed by atoms with E-state index < -0.39 is 0 Å². The monoisotopic (exact) mass is 197 g/mol. The summed E-state index contributed by atoms with van der Waals surface area (Å²) in [5, 5.41) is 3.44. The largest absolute Gasteiger partial charge is 0.460 e. The molecule has 2 saturated heterocycles. The van der Waals surface area contributed by atoms with E-state index in [1.165, 1.54) is 6.42 Å². The van der Waals surface area contributed by atoms with Crippen molar-refractivity contribution >= 4 is 5.97 Å². The van der Waals surface area contributed by atoms with Crippen LogP contribution in [0.2, 0.25) is 0 Å². The number of hydrogen-bond acceptors (Lipinski definition) is 3. The van der Waals surface area contributed by atoms with Crippen LogP contribution in [0.25, 0.3) is 0 Å². The van der Waals surface area contributed by atoms with Gasteiger partial charge in [0.05, 0.1) is 5.92 Å². The van der Waals surface area contributed by atoms with Crippen molar-refractivity contribution < 1.29 is 9.53 Å². The summed E-state index contributed by atoms with van der Waals surface area (Å²) < 4.78 is 5.40. The summed E-state index contributed by atoms with van der Waals surface area (Å²) in [6.45, 7) is 5.77. The van der Waals surface area contributed by atoms with Crippen molar-refractivity contribution in [3.63, 3.8) is 0 Å². The third-order valence-corrected chi connectivity index (χ3v) is 3.01. The highest BCUT2D eigenvalue weighted by Gasteiger charge is 2.44. The first-order valence-corrected chi connectivity index (χ1v) is 5.44. The Morgan fingerprint density at radius 1 is 1.36 bits per heavy atom. The molecule has 0 aromatic heterocycles. The molecule has 0 aliphatic carbocycles. The van der Waals surface area contributed by atoms with Crippen LogP contribution >= 0.6 is 0 Å². The molecule has 0 aromatic rings. The van der Waals surface area contributed by atoms with Crippen molar-refractivity contribution in [1.82, 2.24) is 5.32 Å². The standard InChI is InChI=1S/C11H19NO2/c1-11(2,3)14-10(13)8-6-7-4-5-9(8)12-7/h7-9,12H,4-6H2,1-3H3/t7-,8-,9-/m1/s1. The lowest BCUT2D eigenvalue weighted by molar-refractivity contribution is -0.160. The van der Waals surface area contributed by atoms with Crippen molar-refractivity contribution in [2.24, 2.45) is 5.92 Å². The molecule has 3 heteroatoms. The average Bonchev–Trinajstić information content (AvgIpc) is 2.59. The van der Waals surface area contributed by atoms with Gasteiger partial charge in [-0.25, -0.2) is 0 Å². The second-order valence-electron chi connectivity index (χ2n) is 5.42. The van der Waals surface area contributed by atoms with Gasteiger partial charge >= 0.3 is 5.97 Å². The molecule has 0 radical (unpaired) electrons. The third-order valence-electron chi connectivity index (χ3n) is 3.01. The van der Waals surface area contributed by atoms with E-state index in [0.29, 0.717) is 12.1 Å². The minimum absolute atomic E-state index is 0.0165. The molecule has 2 bridgehead atoms. The van der Waals surface area contributed by atoms with Crippen LogP contribution in [0, 0.1) is 5.92 Å². The molecule has 80 valence electrons. The van der Waals surface area contributed by atoms with Gasteiger partial charge in [0.15, 0.2) is 0 Å². The Morgan fingerprint density at radius 3 is 2.50 bits per heavy atom. The van der Waals surface area contributed by atoms with Crippen molar-refractivity contribution in [2.75, 3.05) is 0 Å². The lowest BCUT2D eigenvalue weighted by Gasteiger charge is -2.25. The van der Waals surface area contributed by atoms with E-state index >= 15 is 0 Å². The Bertz CT molecular complexity index is 244. The quantitative estimate of drug-likeness (QED) is 0.647. The molecule has 2 aliphatic rings. The highest BCUT2D eigenvalue weighted by Crippen LogP contribution is 2.34. The second-order valence-corrected chi connectivity index (χ2v) is 5.42. The zero-order valence-electron chi connectivity index (χ0n) is 9.17. The molecule has 0 aromatic carbocycles. The maximum Gasteiger partial charge on any atom is 0.311 e. The number of fused-ring (bicyclic) bond motifs is 2. The molecule has 14 heavy (non-hydrogen) atoms. The molecule has 3 atom stereocenters. The van der Waals surface area contributed by atoms with Gasteiger partial charge in [-0.3, -0.25) is 4.79 Å². The van der Waals surface area contributed by atoms with Crippen molar-refractivity contribution in [3.8, 4) is 0 Å². The first-order chi connectivity index (χ1) is 6.46. The number of carbonyl (C=O) groups excluding carboxylic acids is 1. The number of esters is 1. The van der Waals surface area contributed by atoms with Crippen LogP contribution in [0.15, 0.2) is 0 Å². The van der Waals surface area contributed by atoms with E-state index in [0.717, 1.165) is 12.8 Å². The molecule has 0 unspecified atom stereocenters. The number of hydrogen-bond donors (Lipinski definition) is 1. The molecule has 1 N–H and O–H groups in total. The summed E-state index contributed by atoms with van der Waals surface area (Å²) >= 11 is 0. The van der Waals surface area contributed by atoms with Gasteiger partial charge in [-0.05, 0) is 40.0 Å². The minimum Gasteiger partial charge on any atom is -0.460 e. The maximum atomic E-state index is 11.8. The van der Waals surface area contributed by atoms with Gasteiger partial charge in [-0.1, -0.05) is 0 Å². The van der Waals surface area contributed by atoms with Gasteiger partial charge in [0.2, 0.25) is 0 Å². The molecular formula is C11H19NO2. The van der Waals surface area contributed by atoms with Crippen molar-refractivity contribution in [2.45, 2.75) is 57.7 Å². The summed E-state index contributed by atoms with van der Waals surface area (Å²) in [6, 6.07) is 0.951. The predicted octanol–water partition coefficient (Wildman–Crippen LogP) is 1.47. The van der Waals surface area contributed by atoms with E-state index in [-0.39, 0.29) is 17.5 Å². The van der Waals surface area contributed by atoms with E-state index in [4.69, 9.17) is 4.74 Å². The first-order valence-electron chi connectivity index (χ1n) is 5.44. The summed E-state index contributed by atoms with van der Waals surface area (Å²) in [6.07, 6.45) is 3.33. The number of ether oxygens (including phenoxy) is 1. The average molecular weight is 197 g/mol. The Balaban J connectivity index is 1.93. The van der Waals surface area contributed by atoms with Crippen LogP contribution < -0.4 is 5.32 Å². The molecular weight excluding hydrogens is 178 g/mol. The Hall–Kier alpha value is -0.570. The van der Waals surface area contributed by atoms with Crippen LogP contribution in [0.3, 0.4) is 0 Å². The third kappa shape index (κ3) is 1.92. The maximum absolute atomic E-state index is 11.8. The summed E-state index contributed by atoms with van der Waals surface area (Å²) in [5.41, 5.74) is -0.348. The highest BCUT2D eigenvalue weighted by molar-refractivity contribution is 5.74. The molecule has 0 saturated carbocycles. The van der Waals surface area contributed by atoms with Gasteiger partial charge in [0, 0.05) is 12.1 Å². The molecule has 0 amide bonds. The SMILES string of the molecule is CC(C)(C)OC(=O)[C@@H]1C[C@H]2CC[C@H]1N2. The Morgan fingerprint density at radius 2 is 2.07 bits per heavy atom. The van der Waals surface area contributed by atoms with E-state index in [2.05, 4.69) is 5.32 Å². The van der Waals surface area contributed by atoms with Crippen molar-refractivity contribution in [3.05, 3.63) is 0 Å². The number of rotatable bonds is 1. The lowest BCUT2D eigenvalue weighted by atomic mass is 9.89. The first kappa shape index (κ1) is 9.97. The predicted molar refractivity (Wildman–Crippen MR) is 53.9 cm³/mol. The van der Waals surface area contributed by atoms with Crippen LogP contribution in [-0.4, -0.2) is 23.7 Å². The van der Waals surface area contributed by atoms with E-state index in [1.54, 1.807) is 0 Å². The van der Waals surface area contributed by atoms with Gasteiger partial charge in [-0.2, -0.15) is 0 Å². The topological polar surface area (TPSA) is 38.3 Å². The summed E-state index contributed by atoms with van der Waals surface area (Å²) in [4.78, 5) is 11.8. The highest BCUT2D eigenvalue weighted by atomic mass is 16.6. The van der Waals surface area contributed by atoms with Gasteiger partial charge < -0.3 is 10.1 Å². The summed E-state index contributed by atoms with van der Waals surface area (Å²) in [7, 11) is 0. The normalized spacial score (nSPS) is 36.1. The Kier molecular flexibility index (Phi) is 2.30. The van der Waals surface area contributed by atoms with Crippen LogP contribution in [0.4, 0.5) is 0 Å². The number of carbonyl (C=O) groups is 1. The molecule has 2 aliphatic heterocycles. The molecule has 2 heterocycles. The zero-order chi connectivity index (χ0) is 10.3. The lowest BCUT2D eigenvalue weighted by Crippen LogP contribution is -2.34. The smallest absolute Gasteiger partial charge is 0.311 e. The van der Waals surface area contributed by atoms with Crippen LogP contribution in [0.1, 0.15) is 40.0 Å². The fourth-order valence-corrected chi connectivity index (χ4v) is 2.46. The molecule has 2 rings (SSSR count). The molecule has 3 nitrogen and oxygen atoms in total. The van der Waals surface area contributed by atoms with Gasteiger partial charge in [-0.15, -0.1) is 0 Å². The molecule has 0 spiro atoms. The van der Waals surface area contributed by atoms with Crippen LogP contribution in [-0.2, 0) is 9.53 Å². The fraction of sp³-hybridized carbons (Fsp3) is 0.909.